The molecule has 0 aliphatic heterocycles. The number of hydrogen-bond acceptors (Lipinski definition) is 6. The molecule has 0 bridgehead atoms. The van der Waals surface area contributed by atoms with Gasteiger partial charge in [0.05, 0.1) is 0 Å². The van der Waals surface area contributed by atoms with Crippen LogP contribution in [0.25, 0.3) is 0 Å². The zero-order valence-corrected chi connectivity index (χ0v) is 50.4. The van der Waals surface area contributed by atoms with Crippen molar-refractivity contribution in [3.05, 3.63) is 146 Å². The van der Waals surface area contributed by atoms with Crippen molar-refractivity contribution in [2.75, 3.05) is 13.2 Å². The molecule has 1 atom stereocenters. The lowest BCUT2D eigenvalue weighted by molar-refractivity contribution is -0.166. The van der Waals surface area contributed by atoms with Gasteiger partial charge in [-0.1, -0.05) is 289 Å². The Morgan fingerprint density at radius 1 is 0.269 bits per heavy atom. The van der Waals surface area contributed by atoms with Gasteiger partial charge in [-0.3, -0.25) is 14.4 Å². The molecule has 0 radical (unpaired) electrons. The van der Waals surface area contributed by atoms with Crippen LogP contribution >= 0.6 is 0 Å². The molecule has 0 spiro atoms. The zero-order valence-electron chi connectivity index (χ0n) is 50.4. The second kappa shape index (κ2) is 64.8. The molecule has 78 heavy (non-hydrogen) atoms. The third kappa shape index (κ3) is 62.1. The van der Waals surface area contributed by atoms with Crippen molar-refractivity contribution in [1.29, 1.82) is 0 Å². The first-order chi connectivity index (χ1) is 38.5. The minimum atomic E-state index is -0.820. The molecule has 6 heteroatoms. The Balaban J connectivity index is 4.22. The van der Waals surface area contributed by atoms with Crippen LogP contribution in [-0.2, 0) is 28.6 Å². The van der Waals surface area contributed by atoms with Crippen LogP contribution in [0.5, 0.6) is 0 Å². The minimum absolute atomic E-state index is 0.109. The number of hydrogen-bond donors (Lipinski definition) is 0. The molecule has 0 saturated carbocycles. The van der Waals surface area contributed by atoms with E-state index in [1.54, 1.807) is 0 Å². The van der Waals surface area contributed by atoms with Gasteiger partial charge in [-0.25, -0.2) is 0 Å². The fourth-order valence-corrected chi connectivity index (χ4v) is 8.41. The van der Waals surface area contributed by atoms with Gasteiger partial charge in [0.1, 0.15) is 13.2 Å². The number of esters is 3. The fraction of sp³-hybridized carbons (Fsp3) is 0.625. The predicted molar refractivity (Wildman–Crippen MR) is 339 cm³/mol. The Morgan fingerprint density at radius 3 is 0.833 bits per heavy atom. The standard InChI is InChI=1S/C72H116O6/c1-4-7-10-13-16-19-22-25-26-27-28-29-30-31-32-33-34-35-36-37-38-39-40-41-42-43-44-45-46-48-50-53-56-59-62-65-71(74)77-68-69(67-76-70(73)64-61-58-55-52-49-24-21-18-15-12-9-6-3)78-72(75)66-63-60-57-54-51-47-23-20-17-14-11-8-5-2/h7-8,10-11,16-17,19-20,25-26,28-29,31-32,34-35,37-38,40-41,47,51,57,60,69H,4-6,9,12-15,18,21-24,27,30,33,36,39,42-46,48-50,52-56,58-59,61-68H2,1-3H3/b10-7-,11-8-,19-16-,20-17-,26-25-,29-28-,32-31-,35-34-,38-37-,41-40-,51-47-,60-57-. The lowest BCUT2D eigenvalue weighted by Crippen LogP contribution is -2.30. The molecule has 0 N–H and O–H groups in total. The van der Waals surface area contributed by atoms with Crippen LogP contribution in [0.15, 0.2) is 146 Å². The smallest absolute Gasteiger partial charge is 0.306 e. The number of unbranched alkanes of at least 4 members (excludes halogenated alkanes) is 21. The van der Waals surface area contributed by atoms with Crippen molar-refractivity contribution < 1.29 is 28.6 Å². The number of ether oxygens (including phenoxy) is 3. The van der Waals surface area contributed by atoms with E-state index in [-0.39, 0.29) is 31.6 Å². The van der Waals surface area contributed by atoms with Crippen molar-refractivity contribution in [2.45, 2.75) is 277 Å². The SMILES string of the molecule is CC/C=C\C/C=C\C/C=C\C/C=C\C/C=C\C/C=C\C/C=C\C/C=C\CCCCCCCCCCCCC(=O)OCC(COC(=O)CCCCCCCCCCCCCC)OC(=O)CC/C=C\C/C=C\C/C=C\C/C=C\CC. The maximum atomic E-state index is 12.8. The van der Waals surface area contributed by atoms with Gasteiger partial charge in [0.15, 0.2) is 6.10 Å². The van der Waals surface area contributed by atoms with Gasteiger partial charge >= 0.3 is 17.9 Å². The maximum absolute atomic E-state index is 12.8. The van der Waals surface area contributed by atoms with E-state index in [0.29, 0.717) is 19.3 Å². The van der Waals surface area contributed by atoms with Gasteiger partial charge in [-0.15, -0.1) is 0 Å². The predicted octanol–water partition coefficient (Wildman–Crippen LogP) is 21.9. The van der Waals surface area contributed by atoms with E-state index in [9.17, 15) is 14.4 Å². The van der Waals surface area contributed by atoms with Crippen LogP contribution in [0.2, 0.25) is 0 Å². The van der Waals surface area contributed by atoms with Crippen LogP contribution in [0.3, 0.4) is 0 Å². The monoisotopic (exact) mass is 1080 g/mol. The molecule has 0 amide bonds. The highest BCUT2D eigenvalue weighted by molar-refractivity contribution is 5.71. The highest BCUT2D eigenvalue weighted by atomic mass is 16.6. The maximum Gasteiger partial charge on any atom is 0.306 e. The Morgan fingerprint density at radius 2 is 0.526 bits per heavy atom. The lowest BCUT2D eigenvalue weighted by Gasteiger charge is -2.18. The van der Waals surface area contributed by atoms with E-state index in [4.69, 9.17) is 14.2 Å². The van der Waals surface area contributed by atoms with Crippen molar-refractivity contribution in [1.82, 2.24) is 0 Å². The first-order valence-corrected chi connectivity index (χ1v) is 31.8. The van der Waals surface area contributed by atoms with Crippen molar-refractivity contribution in [2.24, 2.45) is 0 Å². The van der Waals surface area contributed by atoms with E-state index >= 15 is 0 Å². The van der Waals surface area contributed by atoms with Crippen LogP contribution in [0.1, 0.15) is 271 Å². The summed E-state index contributed by atoms with van der Waals surface area (Å²) >= 11 is 0. The van der Waals surface area contributed by atoms with Crippen molar-refractivity contribution >= 4 is 17.9 Å². The molecular weight excluding hydrogens is 961 g/mol. The summed E-state index contributed by atoms with van der Waals surface area (Å²) in [6.45, 7) is 6.34. The Labute approximate surface area is 480 Å². The highest BCUT2D eigenvalue weighted by Crippen LogP contribution is 2.15. The number of carbonyl (C=O) groups is 3. The first kappa shape index (κ1) is 73.3. The van der Waals surface area contributed by atoms with Gasteiger partial charge in [-0.05, 0) is 109 Å². The molecule has 0 saturated heterocycles. The highest BCUT2D eigenvalue weighted by Gasteiger charge is 2.19. The molecule has 0 aromatic carbocycles. The lowest BCUT2D eigenvalue weighted by atomic mass is 10.0. The Hall–Kier alpha value is -4.71. The summed E-state index contributed by atoms with van der Waals surface area (Å²) in [7, 11) is 0. The third-order valence-electron chi connectivity index (χ3n) is 13.1. The Kier molecular flexibility index (Phi) is 60.9. The van der Waals surface area contributed by atoms with Crippen LogP contribution in [-0.4, -0.2) is 37.2 Å². The molecule has 0 aromatic rings. The number of rotatable bonds is 56. The number of allylic oxidation sites excluding steroid dienone is 24. The molecule has 440 valence electrons. The summed E-state index contributed by atoms with van der Waals surface area (Å²) in [6, 6.07) is 0. The molecular formula is C72H116O6. The molecule has 0 aliphatic carbocycles. The molecule has 6 nitrogen and oxygen atoms in total. The third-order valence-corrected chi connectivity index (χ3v) is 13.1. The summed E-state index contributed by atoms with van der Waals surface area (Å²) in [5.41, 5.74) is 0. The minimum Gasteiger partial charge on any atom is -0.462 e. The van der Waals surface area contributed by atoms with Crippen molar-refractivity contribution in [3.63, 3.8) is 0 Å². The van der Waals surface area contributed by atoms with Gasteiger partial charge in [0.25, 0.3) is 0 Å². The van der Waals surface area contributed by atoms with Gasteiger partial charge in [-0.2, -0.15) is 0 Å². The second-order valence-electron chi connectivity index (χ2n) is 20.6. The van der Waals surface area contributed by atoms with E-state index < -0.39 is 12.1 Å². The molecule has 0 heterocycles. The zero-order chi connectivity index (χ0) is 56.4. The van der Waals surface area contributed by atoms with Gasteiger partial charge in [0, 0.05) is 19.3 Å². The topological polar surface area (TPSA) is 78.9 Å². The van der Waals surface area contributed by atoms with Crippen LogP contribution < -0.4 is 0 Å². The largest absolute Gasteiger partial charge is 0.462 e. The molecule has 0 fully saturated rings. The van der Waals surface area contributed by atoms with Gasteiger partial charge < -0.3 is 14.2 Å². The summed E-state index contributed by atoms with van der Waals surface area (Å²) < 4.78 is 16.8. The average molecular weight is 1080 g/mol. The normalized spacial score (nSPS) is 13.1. The summed E-state index contributed by atoms with van der Waals surface area (Å²) in [6.07, 6.45) is 93.1. The van der Waals surface area contributed by atoms with Crippen LogP contribution in [0.4, 0.5) is 0 Å². The van der Waals surface area contributed by atoms with Crippen LogP contribution in [0, 0.1) is 0 Å². The fourth-order valence-electron chi connectivity index (χ4n) is 8.41. The quantitative estimate of drug-likeness (QED) is 0.0261. The van der Waals surface area contributed by atoms with Gasteiger partial charge in [0.2, 0.25) is 0 Å². The van der Waals surface area contributed by atoms with E-state index in [1.165, 1.54) is 103 Å². The summed E-state index contributed by atoms with van der Waals surface area (Å²) in [4.78, 5) is 38.1. The second-order valence-corrected chi connectivity index (χ2v) is 20.6. The molecule has 1 unspecified atom stereocenters. The van der Waals surface area contributed by atoms with E-state index in [0.717, 1.165) is 122 Å². The Bertz CT molecular complexity index is 1710. The summed E-state index contributed by atoms with van der Waals surface area (Å²) in [5, 5.41) is 0. The molecule has 0 aromatic heterocycles. The molecule has 0 aliphatic rings. The van der Waals surface area contributed by atoms with Crippen molar-refractivity contribution in [3.8, 4) is 0 Å². The summed E-state index contributed by atoms with van der Waals surface area (Å²) in [5.74, 6) is -0.997. The first-order valence-electron chi connectivity index (χ1n) is 31.8. The number of carbonyl (C=O) groups excluding carboxylic acids is 3. The van der Waals surface area contributed by atoms with E-state index in [1.807, 2.05) is 12.2 Å². The van der Waals surface area contributed by atoms with E-state index in [2.05, 4.69) is 154 Å². The molecule has 0 rings (SSSR count). The average Bonchev–Trinajstić information content (AvgIpc) is 3.44.